The Morgan fingerprint density at radius 3 is 2.58 bits per heavy atom. The highest BCUT2D eigenvalue weighted by atomic mass is 19.1. The van der Waals surface area contributed by atoms with Gasteiger partial charge >= 0.3 is 0 Å². The molecule has 0 aliphatic heterocycles. The Morgan fingerprint density at radius 1 is 1.47 bits per heavy atom. The number of nitrogens with one attached hydrogen (secondary N) is 1. The number of nitrogens with zero attached hydrogens (tertiary/aromatic N) is 1. The van der Waals surface area contributed by atoms with Gasteiger partial charge in [0.05, 0.1) is 23.1 Å². The van der Waals surface area contributed by atoms with Crippen LogP contribution < -0.4 is 5.32 Å². The summed E-state index contributed by atoms with van der Waals surface area (Å²) in [7, 11) is 2.79. The van der Waals surface area contributed by atoms with Crippen LogP contribution in [0.2, 0.25) is 0 Å². The Bertz CT molecular complexity index is 476. The molecular formula is C11H13FN2O5. The fourth-order valence-electron chi connectivity index (χ4n) is 1.34. The zero-order valence-electron chi connectivity index (χ0n) is 10.4. The molecule has 0 aromatic heterocycles. The molecule has 7 nitrogen and oxygen atoms in total. The summed E-state index contributed by atoms with van der Waals surface area (Å²) in [6, 6.07) is 2.80. The number of nitro groups is 1. The molecule has 1 rings (SSSR count). The summed E-state index contributed by atoms with van der Waals surface area (Å²) in [5, 5.41) is 12.8. The Labute approximate surface area is 108 Å². The highest BCUT2D eigenvalue weighted by Gasteiger charge is 2.17. The van der Waals surface area contributed by atoms with Gasteiger partial charge in [-0.25, -0.2) is 4.39 Å². The predicted molar refractivity (Wildman–Crippen MR) is 63.2 cm³/mol. The first-order valence-electron chi connectivity index (χ1n) is 5.27. The first kappa shape index (κ1) is 15.0. The molecule has 0 radical (unpaired) electrons. The molecule has 1 aromatic rings. The van der Waals surface area contributed by atoms with Crippen molar-refractivity contribution in [3.8, 4) is 0 Å². The van der Waals surface area contributed by atoms with Crippen molar-refractivity contribution < 1.29 is 23.6 Å². The minimum Gasteiger partial charge on any atom is -0.354 e. The van der Waals surface area contributed by atoms with Crippen LogP contribution in [0.5, 0.6) is 0 Å². The van der Waals surface area contributed by atoms with E-state index in [1.165, 1.54) is 14.2 Å². The SMILES string of the molecule is COC(CNC(=O)c1ccc([N+](=O)[O-])cc1F)OC. The number of halogens is 1. The number of amides is 1. The molecule has 0 unspecified atom stereocenters. The molecule has 0 spiro atoms. The van der Waals surface area contributed by atoms with E-state index in [1.807, 2.05) is 0 Å². The number of carbonyl (C=O) groups is 1. The molecule has 104 valence electrons. The van der Waals surface area contributed by atoms with Crippen LogP contribution in [0.15, 0.2) is 18.2 Å². The number of ether oxygens (including phenoxy) is 2. The van der Waals surface area contributed by atoms with E-state index in [-0.39, 0.29) is 12.1 Å². The number of carbonyl (C=O) groups excluding carboxylic acids is 1. The number of benzene rings is 1. The highest BCUT2D eigenvalue weighted by Crippen LogP contribution is 2.16. The Balaban J connectivity index is 2.75. The molecule has 0 fully saturated rings. The average Bonchev–Trinajstić information content (AvgIpc) is 2.39. The van der Waals surface area contributed by atoms with Crippen LogP contribution >= 0.6 is 0 Å². The van der Waals surface area contributed by atoms with Crippen molar-refractivity contribution >= 4 is 11.6 Å². The van der Waals surface area contributed by atoms with E-state index in [4.69, 9.17) is 9.47 Å². The van der Waals surface area contributed by atoms with Gasteiger partial charge in [0.15, 0.2) is 6.29 Å². The monoisotopic (exact) mass is 272 g/mol. The fourth-order valence-corrected chi connectivity index (χ4v) is 1.34. The van der Waals surface area contributed by atoms with Crippen molar-refractivity contribution in [1.82, 2.24) is 5.32 Å². The molecule has 0 saturated heterocycles. The van der Waals surface area contributed by atoms with E-state index < -0.39 is 28.6 Å². The number of rotatable bonds is 6. The van der Waals surface area contributed by atoms with Crippen molar-refractivity contribution in [3.05, 3.63) is 39.7 Å². The average molecular weight is 272 g/mol. The van der Waals surface area contributed by atoms with Crippen LogP contribution in [-0.2, 0) is 9.47 Å². The smallest absolute Gasteiger partial charge is 0.272 e. The number of hydrogen-bond acceptors (Lipinski definition) is 5. The maximum atomic E-state index is 13.5. The third-order valence-corrected chi connectivity index (χ3v) is 2.36. The van der Waals surface area contributed by atoms with Crippen LogP contribution in [0.25, 0.3) is 0 Å². The van der Waals surface area contributed by atoms with Crippen molar-refractivity contribution in [3.63, 3.8) is 0 Å². The molecule has 1 N–H and O–H groups in total. The molecule has 8 heteroatoms. The van der Waals surface area contributed by atoms with Gasteiger partial charge in [0, 0.05) is 20.3 Å². The minimum absolute atomic E-state index is 0.0300. The first-order chi connectivity index (χ1) is 8.99. The molecule has 0 bridgehead atoms. The summed E-state index contributed by atoms with van der Waals surface area (Å²) in [6.45, 7) is 0.0300. The third-order valence-electron chi connectivity index (χ3n) is 2.36. The van der Waals surface area contributed by atoms with Crippen LogP contribution in [0, 0.1) is 15.9 Å². The van der Waals surface area contributed by atoms with E-state index in [0.717, 1.165) is 12.1 Å². The normalized spacial score (nSPS) is 10.5. The molecule has 0 aliphatic carbocycles. The van der Waals surface area contributed by atoms with Gasteiger partial charge in [-0.1, -0.05) is 0 Å². The fraction of sp³-hybridized carbons (Fsp3) is 0.364. The minimum atomic E-state index is -0.960. The van der Waals surface area contributed by atoms with Gasteiger partial charge < -0.3 is 14.8 Å². The molecule has 0 aliphatic rings. The summed E-state index contributed by atoms with van der Waals surface area (Å²) in [5.41, 5.74) is -0.697. The second kappa shape index (κ2) is 6.76. The van der Waals surface area contributed by atoms with Crippen molar-refractivity contribution in [2.45, 2.75) is 6.29 Å². The number of non-ortho nitro benzene ring substituents is 1. The lowest BCUT2D eigenvalue weighted by atomic mass is 10.2. The lowest BCUT2D eigenvalue weighted by molar-refractivity contribution is -0.385. The maximum Gasteiger partial charge on any atom is 0.272 e. The summed E-state index contributed by atoms with van der Waals surface area (Å²) in [4.78, 5) is 21.3. The lowest BCUT2D eigenvalue weighted by Gasteiger charge is -2.14. The summed E-state index contributed by atoms with van der Waals surface area (Å²) >= 11 is 0. The van der Waals surface area contributed by atoms with Gasteiger partial charge in [-0.05, 0) is 6.07 Å². The van der Waals surface area contributed by atoms with Gasteiger partial charge in [-0.15, -0.1) is 0 Å². The maximum absolute atomic E-state index is 13.5. The van der Waals surface area contributed by atoms with Crippen molar-refractivity contribution in [2.75, 3.05) is 20.8 Å². The zero-order valence-corrected chi connectivity index (χ0v) is 10.4. The molecular weight excluding hydrogens is 259 g/mol. The van der Waals surface area contributed by atoms with Crippen LogP contribution in [0.1, 0.15) is 10.4 Å². The Morgan fingerprint density at radius 2 is 2.11 bits per heavy atom. The summed E-state index contributed by atoms with van der Waals surface area (Å²) < 4.78 is 23.2. The number of hydrogen-bond donors (Lipinski definition) is 1. The van der Waals surface area contributed by atoms with E-state index in [1.54, 1.807) is 0 Å². The standard InChI is InChI=1S/C11H13FN2O5/c1-18-10(19-2)6-13-11(15)8-4-3-7(14(16)17)5-9(8)12/h3-5,10H,6H2,1-2H3,(H,13,15). The molecule has 1 amide bonds. The summed E-state index contributed by atoms with van der Waals surface area (Å²) in [5.74, 6) is -1.66. The van der Waals surface area contributed by atoms with Gasteiger partial charge in [0.25, 0.3) is 11.6 Å². The van der Waals surface area contributed by atoms with Crippen molar-refractivity contribution in [2.24, 2.45) is 0 Å². The van der Waals surface area contributed by atoms with Crippen LogP contribution in [0.3, 0.4) is 0 Å². The molecule has 0 saturated carbocycles. The van der Waals surface area contributed by atoms with E-state index >= 15 is 0 Å². The zero-order chi connectivity index (χ0) is 14.4. The van der Waals surface area contributed by atoms with E-state index in [0.29, 0.717) is 6.07 Å². The van der Waals surface area contributed by atoms with Gasteiger partial charge in [0.2, 0.25) is 0 Å². The lowest BCUT2D eigenvalue weighted by Crippen LogP contribution is -2.34. The number of methoxy groups -OCH3 is 2. The van der Waals surface area contributed by atoms with E-state index in [2.05, 4.69) is 5.32 Å². The topological polar surface area (TPSA) is 90.7 Å². The van der Waals surface area contributed by atoms with Crippen LogP contribution in [-0.4, -0.2) is 37.9 Å². The molecule has 1 aromatic carbocycles. The van der Waals surface area contributed by atoms with Crippen molar-refractivity contribution in [1.29, 1.82) is 0 Å². The molecule has 19 heavy (non-hydrogen) atoms. The van der Waals surface area contributed by atoms with Gasteiger partial charge in [-0.3, -0.25) is 14.9 Å². The molecule has 0 atom stereocenters. The highest BCUT2D eigenvalue weighted by molar-refractivity contribution is 5.94. The number of nitro benzene ring substituents is 1. The predicted octanol–water partition coefficient (Wildman–Crippen LogP) is 1.08. The van der Waals surface area contributed by atoms with E-state index in [9.17, 15) is 19.3 Å². The second-order valence-electron chi connectivity index (χ2n) is 3.53. The summed E-state index contributed by atoms with van der Waals surface area (Å²) in [6.07, 6.45) is -0.648. The Kier molecular flexibility index (Phi) is 5.34. The van der Waals surface area contributed by atoms with Gasteiger partial charge in [0.1, 0.15) is 5.82 Å². The second-order valence-corrected chi connectivity index (χ2v) is 3.53. The van der Waals surface area contributed by atoms with Gasteiger partial charge in [-0.2, -0.15) is 0 Å². The largest absolute Gasteiger partial charge is 0.354 e. The van der Waals surface area contributed by atoms with Crippen LogP contribution in [0.4, 0.5) is 10.1 Å². The Hall–Kier alpha value is -2.06. The quantitative estimate of drug-likeness (QED) is 0.475. The third kappa shape index (κ3) is 3.97. The molecule has 0 heterocycles. The first-order valence-corrected chi connectivity index (χ1v) is 5.27.